The minimum absolute atomic E-state index is 0.0258. The van der Waals surface area contributed by atoms with Gasteiger partial charge in [0.25, 0.3) is 5.91 Å². The molecule has 3 aromatic rings. The van der Waals surface area contributed by atoms with Crippen molar-refractivity contribution in [1.29, 1.82) is 0 Å². The molecule has 0 aromatic heterocycles. The first-order chi connectivity index (χ1) is 14.9. The number of anilines is 2. The molecule has 0 atom stereocenters. The molecule has 0 saturated heterocycles. The molecule has 3 aromatic carbocycles. The van der Waals surface area contributed by atoms with Crippen molar-refractivity contribution < 1.29 is 23.1 Å². The lowest BCUT2D eigenvalue weighted by Crippen LogP contribution is -2.18. The predicted molar refractivity (Wildman–Crippen MR) is 124 cm³/mol. The molecule has 3 rings (SSSR count). The standard InChI is InChI=1S/C20H12Cl4N2O5S/c21-15-13(14(20(28)29)16(22)18(24)17(15)23)19(27)26-10-3-7-12(8-4-10)32(30,31)11-5-1-9(25)2-6-11/h1-8H,25H2,(H,26,27)(H,28,29). The molecule has 0 bridgehead atoms. The van der Waals surface area contributed by atoms with Gasteiger partial charge in [0.2, 0.25) is 9.84 Å². The van der Waals surface area contributed by atoms with Crippen LogP contribution >= 0.6 is 46.4 Å². The van der Waals surface area contributed by atoms with Gasteiger partial charge >= 0.3 is 5.97 Å². The lowest BCUT2D eigenvalue weighted by atomic mass is 10.1. The van der Waals surface area contributed by atoms with Crippen molar-refractivity contribution in [2.24, 2.45) is 0 Å². The van der Waals surface area contributed by atoms with Gasteiger partial charge in [-0.25, -0.2) is 13.2 Å². The average molecular weight is 534 g/mol. The highest BCUT2D eigenvalue weighted by Gasteiger charge is 2.29. The first kappa shape index (κ1) is 24.2. The van der Waals surface area contributed by atoms with E-state index in [0.29, 0.717) is 5.69 Å². The monoisotopic (exact) mass is 532 g/mol. The maximum absolute atomic E-state index is 12.8. The number of nitrogen functional groups attached to an aromatic ring is 1. The molecule has 0 aliphatic rings. The van der Waals surface area contributed by atoms with Crippen LogP contribution in [0.2, 0.25) is 20.1 Å². The number of amides is 1. The molecule has 0 unspecified atom stereocenters. The number of carboxylic acids is 1. The Morgan fingerprint density at radius 3 is 1.66 bits per heavy atom. The zero-order valence-corrected chi connectivity index (χ0v) is 19.5. The van der Waals surface area contributed by atoms with Gasteiger partial charge in [0, 0.05) is 11.4 Å². The number of hydrogen-bond donors (Lipinski definition) is 3. The van der Waals surface area contributed by atoms with E-state index in [0.717, 1.165) is 0 Å². The fourth-order valence-corrected chi connectivity index (χ4v) is 5.02. The van der Waals surface area contributed by atoms with Crippen molar-refractivity contribution in [3.63, 3.8) is 0 Å². The summed E-state index contributed by atoms with van der Waals surface area (Å²) in [4.78, 5) is 24.4. The molecule has 4 N–H and O–H groups in total. The van der Waals surface area contributed by atoms with Crippen molar-refractivity contribution in [3.8, 4) is 0 Å². The zero-order chi connectivity index (χ0) is 23.8. The van der Waals surface area contributed by atoms with Gasteiger partial charge in [0.15, 0.2) is 0 Å². The molecule has 166 valence electrons. The molecule has 0 radical (unpaired) electrons. The molecule has 0 fully saturated rings. The van der Waals surface area contributed by atoms with Gasteiger partial charge in [-0.15, -0.1) is 0 Å². The second-order valence-electron chi connectivity index (χ2n) is 6.36. The van der Waals surface area contributed by atoms with E-state index < -0.39 is 42.9 Å². The van der Waals surface area contributed by atoms with E-state index in [1.165, 1.54) is 48.5 Å². The Morgan fingerprint density at radius 2 is 1.19 bits per heavy atom. The highest BCUT2D eigenvalue weighted by Crippen LogP contribution is 2.41. The van der Waals surface area contributed by atoms with E-state index in [2.05, 4.69) is 5.32 Å². The molecule has 0 saturated carbocycles. The summed E-state index contributed by atoms with van der Waals surface area (Å²) in [5, 5.41) is 10.5. The number of benzene rings is 3. The van der Waals surface area contributed by atoms with E-state index >= 15 is 0 Å². The molecule has 1 amide bonds. The topological polar surface area (TPSA) is 127 Å². The van der Waals surface area contributed by atoms with Crippen LogP contribution in [0, 0.1) is 0 Å². The van der Waals surface area contributed by atoms with Gasteiger partial charge in [-0.2, -0.15) is 0 Å². The van der Waals surface area contributed by atoms with Crippen LogP contribution in [0.25, 0.3) is 0 Å². The minimum atomic E-state index is -3.81. The molecule has 12 heteroatoms. The van der Waals surface area contributed by atoms with Gasteiger partial charge in [0.1, 0.15) is 0 Å². The number of sulfone groups is 1. The van der Waals surface area contributed by atoms with Crippen LogP contribution in [-0.4, -0.2) is 25.4 Å². The number of carbonyl (C=O) groups excluding carboxylic acids is 1. The number of rotatable bonds is 5. The summed E-state index contributed by atoms with van der Waals surface area (Å²) in [7, 11) is -3.81. The van der Waals surface area contributed by atoms with Crippen molar-refractivity contribution in [2.45, 2.75) is 9.79 Å². The number of carboxylic acid groups (broad SMARTS) is 1. The number of nitrogens with one attached hydrogen (secondary N) is 1. The normalized spacial score (nSPS) is 11.2. The number of hydrogen-bond acceptors (Lipinski definition) is 5. The van der Waals surface area contributed by atoms with Crippen molar-refractivity contribution in [1.82, 2.24) is 0 Å². The van der Waals surface area contributed by atoms with Crippen molar-refractivity contribution in [3.05, 3.63) is 79.7 Å². The first-order valence-corrected chi connectivity index (χ1v) is 11.6. The highest BCUT2D eigenvalue weighted by molar-refractivity contribution is 7.91. The van der Waals surface area contributed by atoms with Crippen LogP contribution < -0.4 is 11.1 Å². The Morgan fingerprint density at radius 1 is 0.750 bits per heavy atom. The SMILES string of the molecule is Nc1ccc(S(=O)(=O)c2ccc(NC(=O)c3c(Cl)c(Cl)c(Cl)c(Cl)c3C(=O)O)cc2)cc1. The highest BCUT2D eigenvalue weighted by atomic mass is 35.5. The summed E-state index contributed by atoms with van der Waals surface area (Å²) in [6, 6.07) is 10.9. The van der Waals surface area contributed by atoms with E-state index in [1.807, 2.05) is 0 Å². The fourth-order valence-electron chi connectivity index (χ4n) is 2.74. The van der Waals surface area contributed by atoms with Crippen LogP contribution in [0.5, 0.6) is 0 Å². The number of carbonyl (C=O) groups is 2. The number of nitrogens with two attached hydrogens (primary N) is 1. The molecule has 0 aliphatic carbocycles. The van der Waals surface area contributed by atoms with Crippen LogP contribution in [0.3, 0.4) is 0 Å². The lowest BCUT2D eigenvalue weighted by molar-refractivity contribution is 0.0692. The Balaban J connectivity index is 1.94. The Bertz CT molecular complexity index is 1340. The maximum Gasteiger partial charge on any atom is 0.338 e. The zero-order valence-electron chi connectivity index (χ0n) is 15.7. The number of aromatic carboxylic acids is 1. The summed E-state index contributed by atoms with van der Waals surface area (Å²) in [5.74, 6) is -2.47. The van der Waals surface area contributed by atoms with Crippen LogP contribution in [0.4, 0.5) is 11.4 Å². The molecular formula is C20H12Cl4N2O5S. The van der Waals surface area contributed by atoms with E-state index in [1.54, 1.807) is 0 Å². The van der Waals surface area contributed by atoms with Crippen LogP contribution in [0.15, 0.2) is 58.3 Å². The van der Waals surface area contributed by atoms with Gasteiger partial charge < -0.3 is 16.2 Å². The fraction of sp³-hybridized carbons (Fsp3) is 0. The summed E-state index contributed by atoms with van der Waals surface area (Å²) < 4.78 is 25.4. The van der Waals surface area contributed by atoms with E-state index in [-0.39, 0.29) is 25.5 Å². The van der Waals surface area contributed by atoms with E-state index in [9.17, 15) is 23.1 Å². The van der Waals surface area contributed by atoms with Gasteiger partial charge in [-0.1, -0.05) is 46.4 Å². The average Bonchev–Trinajstić information content (AvgIpc) is 2.75. The minimum Gasteiger partial charge on any atom is -0.478 e. The van der Waals surface area contributed by atoms with Crippen molar-refractivity contribution in [2.75, 3.05) is 11.1 Å². The molecule has 0 heterocycles. The van der Waals surface area contributed by atoms with Gasteiger partial charge in [0.05, 0.1) is 41.0 Å². The first-order valence-electron chi connectivity index (χ1n) is 8.56. The van der Waals surface area contributed by atoms with Gasteiger partial charge in [-0.3, -0.25) is 4.79 Å². The number of halogens is 4. The Kier molecular flexibility index (Phi) is 6.92. The molecule has 0 aliphatic heterocycles. The lowest BCUT2D eigenvalue weighted by Gasteiger charge is -2.14. The van der Waals surface area contributed by atoms with Crippen LogP contribution in [0.1, 0.15) is 20.7 Å². The Labute approximate surface area is 202 Å². The smallest absolute Gasteiger partial charge is 0.338 e. The quantitative estimate of drug-likeness (QED) is 0.220. The maximum atomic E-state index is 12.8. The molecule has 32 heavy (non-hydrogen) atoms. The van der Waals surface area contributed by atoms with E-state index in [4.69, 9.17) is 52.1 Å². The third-order valence-electron chi connectivity index (χ3n) is 4.32. The Hall–Kier alpha value is -2.49. The third-order valence-corrected chi connectivity index (χ3v) is 7.91. The summed E-state index contributed by atoms with van der Waals surface area (Å²) in [6.45, 7) is 0. The van der Waals surface area contributed by atoms with Crippen LogP contribution in [-0.2, 0) is 9.84 Å². The second kappa shape index (κ2) is 9.17. The molecule has 0 spiro atoms. The summed E-state index contributed by atoms with van der Waals surface area (Å²) in [5.41, 5.74) is 5.06. The largest absolute Gasteiger partial charge is 0.478 e. The molecular weight excluding hydrogens is 522 g/mol. The molecule has 7 nitrogen and oxygen atoms in total. The van der Waals surface area contributed by atoms with Crippen molar-refractivity contribution >= 4 is 79.5 Å². The predicted octanol–water partition coefficient (Wildman–Crippen LogP) is 5.67. The van der Waals surface area contributed by atoms with Gasteiger partial charge in [-0.05, 0) is 48.5 Å². The summed E-state index contributed by atoms with van der Waals surface area (Å²) in [6.07, 6.45) is 0. The summed E-state index contributed by atoms with van der Waals surface area (Å²) >= 11 is 23.8. The third kappa shape index (κ3) is 4.51. The second-order valence-corrected chi connectivity index (χ2v) is 9.82.